The predicted molar refractivity (Wildman–Crippen MR) is 51.9 cm³/mol. The molecule has 0 N–H and O–H groups in total. The highest BCUT2D eigenvalue weighted by Gasteiger charge is 2.26. The average Bonchev–Trinajstić information content (AvgIpc) is 2.24. The highest BCUT2D eigenvalue weighted by molar-refractivity contribution is 6.30. The van der Waals surface area contributed by atoms with E-state index in [0.717, 1.165) is 0 Å². The summed E-state index contributed by atoms with van der Waals surface area (Å²) in [4.78, 5) is 0. The van der Waals surface area contributed by atoms with Gasteiger partial charge in [0.2, 0.25) is 0 Å². The molecular formula is C9H13ClF2N2. The van der Waals surface area contributed by atoms with Gasteiger partial charge in [-0.15, -0.1) is 0 Å². The fourth-order valence-electron chi connectivity index (χ4n) is 1.38. The molecular weight excluding hydrogens is 210 g/mol. The third-order valence-corrected chi connectivity index (χ3v) is 2.25. The van der Waals surface area contributed by atoms with E-state index in [2.05, 4.69) is 5.10 Å². The maximum Gasteiger partial charge on any atom is 0.268 e. The summed E-state index contributed by atoms with van der Waals surface area (Å²) < 4.78 is 26.6. The van der Waals surface area contributed by atoms with Gasteiger partial charge in [0.05, 0.1) is 11.1 Å². The summed E-state index contributed by atoms with van der Waals surface area (Å²) in [5.74, 6) is 0. The lowest BCUT2D eigenvalue weighted by molar-refractivity contribution is 0.150. The van der Waals surface area contributed by atoms with Gasteiger partial charge >= 0.3 is 0 Å². The van der Waals surface area contributed by atoms with Gasteiger partial charge in [0.25, 0.3) is 6.43 Å². The average molecular weight is 223 g/mol. The second-order valence-corrected chi connectivity index (χ2v) is 4.53. The second kappa shape index (κ2) is 3.50. The van der Waals surface area contributed by atoms with Gasteiger partial charge in [0, 0.05) is 5.69 Å². The normalized spacial score (nSPS) is 12.6. The molecule has 5 heteroatoms. The number of halogens is 3. The van der Waals surface area contributed by atoms with E-state index < -0.39 is 6.43 Å². The molecule has 0 spiro atoms. The smallest absolute Gasteiger partial charge is 0.263 e. The SMILES string of the molecule is Cc1c(C(F)F)c(Cl)nn1C(C)(C)C. The van der Waals surface area contributed by atoms with E-state index in [-0.39, 0.29) is 16.3 Å². The largest absolute Gasteiger partial charge is 0.268 e. The molecule has 0 aliphatic heterocycles. The maximum absolute atomic E-state index is 12.6. The quantitative estimate of drug-likeness (QED) is 0.711. The van der Waals surface area contributed by atoms with Crippen molar-refractivity contribution in [2.75, 3.05) is 0 Å². The Balaban J connectivity index is 3.31. The first-order chi connectivity index (χ1) is 6.25. The summed E-state index contributed by atoms with van der Waals surface area (Å²) in [5.41, 5.74) is -0.0694. The maximum atomic E-state index is 12.6. The standard InChI is InChI=1S/C9H13ClF2N2/c1-5-6(8(11)12)7(10)13-14(5)9(2,3)4/h8H,1-4H3. The Morgan fingerprint density at radius 3 is 2.07 bits per heavy atom. The molecule has 0 radical (unpaired) electrons. The van der Waals surface area contributed by atoms with Crippen molar-refractivity contribution in [1.29, 1.82) is 0 Å². The van der Waals surface area contributed by atoms with Crippen LogP contribution in [0.2, 0.25) is 5.15 Å². The van der Waals surface area contributed by atoms with E-state index in [4.69, 9.17) is 11.6 Å². The molecule has 1 aromatic rings. The number of nitrogens with zero attached hydrogens (tertiary/aromatic N) is 2. The first-order valence-electron chi connectivity index (χ1n) is 4.28. The monoisotopic (exact) mass is 222 g/mol. The summed E-state index contributed by atoms with van der Waals surface area (Å²) in [7, 11) is 0. The van der Waals surface area contributed by atoms with Crippen LogP contribution in [-0.2, 0) is 5.54 Å². The lowest BCUT2D eigenvalue weighted by Crippen LogP contribution is -2.24. The Morgan fingerprint density at radius 1 is 1.36 bits per heavy atom. The highest BCUT2D eigenvalue weighted by Crippen LogP contribution is 2.31. The summed E-state index contributed by atoms with van der Waals surface area (Å²) in [6, 6.07) is 0. The van der Waals surface area contributed by atoms with Gasteiger partial charge in [-0.3, -0.25) is 4.68 Å². The number of rotatable bonds is 1. The lowest BCUT2D eigenvalue weighted by Gasteiger charge is -2.21. The third kappa shape index (κ3) is 1.90. The van der Waals surface area contributed by atoms with Crippen molar-refractivity contribution in [1.82, 2.24) is 9.78 Å². The van der Waals surface area contributed by atoms with Crippen molar-refractivity contribution in [2.45, 2.75) is 39.7 Å². The van der Waals surface area contributed by atoms with Crippen LogP contribution in [0.1, 0.15) is 38.5 Å². The van der Waals surface area contributed by atoms with Crippen LogP contribution in [-0.4, -0.2) is 9.78 Å². The first-order valence-corrected chi connectivity index (χ1v) is 4.66. The van der Waals surface area contributed by atoms with E-state index in [1.165, 1.54) is 4.68 Å². The molecule has 2 nitrogen and oxygen atoms in total. The summed E-state index contributed by atoms with van der Waals surface area (Å²) in [5, 5.41) is 3.80. The predicted octanol–water partition coefficient (Wildman–Crippen LogP) is 3.54. The third-order valence-electron chi connectivity index (χ3n) is 1.97. The minimum atomic E-state index is -2.57. The van der Waals surface area contributed by atoms with Gasteiger partial charge in [-0.05, 0) is 27.7 Å². The Labute approximate surface area is 86.9 Å². The van der Waals surface area contributed by atoms with Crippen molar-refractivity contribution in [2.24, 2.45) is 0 Å². The zero-order valence-corrected chi connectivity index (χ0v) is 9.36. The highest BCUT2D eigenvalue weighted by atomic mass is 35.5. The van der Waals surface area contributed by atoms with Gasteiger partial charge in [-0.1, -0.05) is 11.6 Å². The summed E-state index contributed by atoms with van der Waals surface area (Å²) >= 11 is 5.64. The second-order valence-electron chi connectivity index (χ2n) is 4.17. The van der Waals surface area contributed by atoms with Crippen molar-refractivity contribution < 1.29 is 8.78 Å². The molecule has 0 aromatic carbocycles. The van der Waals surface area contributed by atoms with E-state index in [9.17, 15) is 8.78 Å². The van der Waals surface area contributed by atoms with E-state index in [1.54, 1.807) is 6.92 Å². The van der Waals surface area contributed by atoms with Gasteiger partial charge in [-0.25, -0.2) is 8.78 Å². The van der Waals surface area contributed by atoms with E-state index in [0.29, 0.717) is 5.69 Å². The van der Waals surface area contributed by atoms with Gasteiger partial charge in [-0.2, -0.15) is 5.10 Å². The van der Waals surface area contributed by atoms with Crippen LogP contribution < -0.4 is 0 Å². The molecule has 0 fully saturated rings. The molecule has 1 heterocycles. The van der Waals surface area contributed by atoms with Crippen molar-refractivity contribution in [3.63, 3.8) is 0 Å². The fraction of sp³-hybridized carbons (Fsp3) is 0.667. The molecule has 1 rings (SSSR count). The molecule has 0 saturated heterocycles. The Kier molecular flexibility index (Phi) is 2.86. The first kappa shape index (κ1) is 11.4. The van der Waals surface area contributed by atoms with E-state index in [1.807, 2.05) is 20.8 Å². The molecule has 0 atom stereocenters. The number of hydrogen-bond donors (Lipinski definition) is 0. The van der Waals surface area contributed by atoms with E-state index >= 15 is 0 Å². The van der Waals surface area contributed by atoms with Crippen LogP contribution in [0.5, 0.6) is 0 Å². The molecule has 14 heavy (non-hydrogen) atoms. The molecule has 0 unspecified atom stereocenters. The Morgan fingerprint density at radius 2 is 1.86 bits per heavy atom. The number of hydrogen-bond acceptors (Lipinski definition) is 1. The van der Waals surface area contributed by atoms with Crippen molar-refractivity contribution in [3.05, 3.63) is 16.4 Å². The van der Waals surface area contributed by atoms with Crippen LogP contribution in [0.4, 0.5) is 8.78 Å². The fourth-order valence-corrected chi connectivity index (χ4v) is 1.68. The van der Waals surface area contributed by atoms with Gasteiger partial charge < -0.3 is 0 Å². The van der Waals surface area contributed by atoms with Crippen LogP contribution in [0.3, 0.4) is 0 Å². The summed E-state index contributed by atoms with van der Waals surface area (Å²) in [6.07, 6.45) is -2.57. The molecule has 0 aliphatic rings. The number of aromatic nitrogens is 2. The molecule has 1 aromatic heterocycles. The van der Waals surface area contributed by atoms with Crippen LogP contribution >= 0.6 is 11.6 Å². The zero-order valence-electron chi connectivity index (χ0n) is 8.61. The van der Waals surface area contributed by atoms with Crippen LogP contribution in [0, 0.1) is 6.92 Å². The molecule has 0 amide bonds. The minimum Gasteiger partial charge on any atom is -0.263 e. The molecule has 0 aliphatic carbocycles. The summed E-state index contributed by atoms with van der Waals surface area (Å²) in [6.45, 7) is 7.27. The molecule has 0 bridgehead atoms. The van der Waals surface area contributed by atoms with Crippen LogP contribution in [0.25, 0.3) is 0 Å². The Bertz CT molecular complexity index is 339. The number of alkyl halides is 2. The van der Waals surface area contributed by atoms with Gasteiger partial charge in [0.1, 0.15) is 0 Å². The Hall–Kier alpha value is -0.640. The van der Waals surface area contributed by atoms with Crippen LogP contribution in [0.15, 0.2) is 0 Å². The molecule has 0 saturated carbocycles. The lowest BCUT2D eigenvalue weighted by atomic mass is 10.1. The van der Waals surface area contributed by atoms with Gasteiger partial charge in [0.15, 0.2) is 5.15 Å². The minimum absolute atomic E-state index is 0.104. The van der Waals surface area contributed by atoms with Crippen molar-refractivity contribution >= 4 is 11.6 Å². The zero-order chi connectivity index (χ0) is 11.1. The topological polar surface area (TPSA) is 17.8 Å². The molecule has 80 valence electrons. The van der Waals surface area contributed by atoms with Crippen molar-refractivity contribution in [3.8, 4) is 0 Å².